The highest BCUT2D eigenvalue weighted by Crippen LogP contribution is 1.90. The van der Waals surface area contributed by atoms with Crippen molar-refractivity contribution in [3.63, 3.8) is 0 Å². The number of hydrogen-bond acceptors (Lipinski definition) is 6. The van der Waals surface area contributed by atoms with Crippen LogP contribution in [0.5, 0.6) is 0 Å². The smallest absolute Gasteiger partial charge is 0.344 e. The number of carbonyl (C=O) groups excluding carboxylic acids is 2. The molecule has 0 aromatic heterocycles. The first-order valence-electron chi connectivity index (χ1n) is 4.15. The van der Waals surface area contributed by atoms with Gasteiger partial charge in [-0.15, -0.1) is 0 Å². The molecular formula is C8H12O7. The number of aliphatic carboxylic acids is 1. The van der Waals surface area contributed by atoms with Crippen LogP contribution >= 0.6 is 0 Å². The van der Waals surface area contributed by atoms with Crippen molar-refractivity contribution in [1.29, 1.82) is 0 Å². The maximum absolute atomic E-state index is 10.8. The van der Waals surface area contributed by atoms with E-state index in [0.29, 0.717) is 0 Å². The van der Waals surface area contributed by atoms with E-state index in [2.05, 4.69) is 9.47 Å². The number of esters is 2. The summed E-state index contributed by atoms with van der Waals surface area (Å²) in [4.78, 5) is 31.5. The van der Waals surface area contributed by atoms with Gasteiger partial charge in [-0.2, -0.15) is 0 Å². The molecule has 0 aromatic rings. The molecule has 1 unspecified atom stereocenters. The predicted octanol–water partition coefficient (Wildman–Crippen LogP) is -1.07. The molecule has 0 bridgehead atoms. The van der Waals surface area contributed by atoms with Crippen LogP contribution in [0.3, 0.4) is 0 Å². The maximum Gasteiger partial charge on any atom is 0.344 e. The van der Waals surface area contributed by atoms with Crippen LogP contribution in [0.4, 0.5) is 0 Å². The van der Waals surface area contributed by atoms with Crippen LogP contribution < -0.4 is 0 Å². The van der Waals surface area contributed by atoms with Gasteiger partial charge in [0.05, 0.1) is 6.42 Å². The Morgan fingerprint density at radius 1 is 1.27 bits per heavy atom. The first-order chi connectivity index (χ1) is 6.93. The Balaban J connectivity index is 3.58. The summed E-state index contributed by atoms with van der Waals surface area (Å²) in [7, 11) is 0. The van der Waals surface area contributed by atoms with Gasteiger partial charge in [0.15, 0.2) is 6.61 Å². The molecule has 0 amide bonds. The second kappa shape index (κ2) is 6.77. The second-order valence-electron chi connectivity index (χ2n) is 2.65. The maximum atomic E-state index is 10.8. The highest BCUT2D eigenvalue weighted by Gasteiger charge is 2.13. The molecule has 0 aliphatic rings. The lowest BCUT2D eigenvalue weighted by molar-refractivity contribution is -0.164. The first kappa shape index (κ1) is 13.4. The first-order valence-corrected chi connectivity index (χ1v) is 4.15. The van der Waals surface area contributed by atoms with Gasteiger partial charge in [-0.05, 0) is 6.92 Å². The molecule has 2 N–H and O–H groups in total. The van der Waals surface area contributed by atoms with Crippen LogP contribution in [0.2, 0.25) is 0 Å². The van der Waals surface area contributed by atoms with Crippen molar-refractivity contribution in [2.75, 3.05) is 13.2 Å². The van der Waals surface area contributed by atoms with Crippen molar-refractivity contribution in [2.24, 2.45) is 0 Å². The van der Waals surface area contributed by atoms with Crippen molar-refractivity contribution < 1.29 is 34.1 Å². The number of carboxylic acid groups (broad SMARTS) is 1. The molecule has 15 heavy (non-hydrogen) atoms. The Bertz CT molecular complexity index is 245. The molecule has 0 radical (unpaired) electrons. The van der Waals surface area contributed by atoms with Gasteiger partial charge in [-0.3, -0.25) is 4.79 Å². The standard InChI is InChI=1S/C8H12O7/c1-5(9)8(13)15-4-7(12)14-3-2-6(10)11/h5,9H,2-4H2,1H3,(H,10,11). The minimum absolute atomic E-state index is 0.277. The lowest BCUT2D eigenvalue weighted by Gasteiger charge is -2.06. The Kier molecular flexibility index (Phi) is 6.03. The van der Waals surface area contributed by atoms with Gasteiger partial charge < -0.3 is 19.7 Å². The van der Waals surface area contributed by atoms with Gasteiger partial charge in [0.25, 0.3) is 0 Å². The molecule has 0 heterocycles. The molecule has 7 heteroatoms. The van der Waals surface area contributed by atoms with Crippen molar-refractivity contribution in [3.8, 4) is 0 Å². The summed E-state index contributed by atoms with van der Waals surface area (Å²) in [5, 5.41) is 16.9. The van der Waals surface area contributed by atoms with Crippen molar-refractivity contribution in [2.45, 2.75) is 19.4 Å². The van der Waals surface area contributed by atoms with Gasteiger partial charge in [-0.25, -0.2) is 9.59 Å². The minimum atomic E-state index is -1.31. The lowest BCUT2D eigenvalue weighted by atomic mass is 10.4. The Hall–Kier alpha value is -1.63. The second-order valence-corrected chi connectivity index (χ2v) is 2.65. The molecule has 0 saturated carbocycles. The van der Waals surface area contributed by atoms with E-state index in [1.54, 1.807) is 0 Å². The predicted molar refractivity (Wildman–Crippen MR) is 45.9 cm³/mol. The summed E-state index contributed by atoms with van der Waals surface area (Å²) in [6, 6.07) is 0. The molecule has 1 atom stereocenters. The Labute approximate surface area is 85.6 Å². The molecular weight excluding hydrogens is 208 g/mol. The fourth-order valence-corrected chi connectivity index (χ4v) is 0.544. The number of aliphatic hydroxyl groups is 1. The highest BCUT2D eigenvalue weighted by molar-refractivity contribution is 5.78. The van der Waals surface area contributed by atoms with Crippen molar-refractivity contribution >= 4 is 17.9 Å². The number of hydrogen-bond donors (Lipinski definition) is 2. The van der Waals surface area contributed by atoms with E-state index in [1.807, 2.05) is 0 Å². The van der Waals surface area contributed by atoms with Crippen LogP contribution in [0.25, 0.3) is 0 Å². The van der Waals surface area contributed by atoms with Gasteiger partial charge in [-0.1, -0.05) is 0 Å². The molecule has 0 fully saturated rings. The van der Waals surface area contributed by atoms with Gasteiger partial charge in [0.2, 0.25) is 0 Å². The van der Waals surface area contributed by atoms with E-state index >= 15 is 0 Å². The van der Waals surface area contributed by atoms with E-state index in [4.69, 9.17) is 10.2 Å². The van der Waals surface area contributed by atoms with Crippen LogP contribution in [0.15, 0.2) is 0 Å². The molecule has 7 nitrogen and oxygen atoms in total. The van der Waals surface area contributed by atoms with E-state index in [1.165, 1.54) is 6.92 Å². The van der Waals surface area contributed by atoms with E-state index in [9.17, 15) is 14.4 Å². The summed E-state index contributed by atoms with van der Waals surface area (Å²) in [5.74, 6) is -2.89. The van der Waals surface area contributed by atoms with E-state index in [-0.39, 0.29) is 13.0 Å². The summed E-state index contributed by atoms with van der Waals surface area (Å²) >= 11 is 0. The van der Waals surface area contributed by atoms with Crippen molar-refractivity contribution in [3.05, 3.63) is 0 Å². The number of rotatable bonds is 6. The summed E-state index contributed by atoms with van der Waals surface area (Å²) in [6.45, 7) is 0.280. The van der Waals surface area contributed by atoms with E-state index < -0.39 is 30.6 Å². The minimum Gasteiger partial charge on any atom is -0.481 e. The molecule has 0 aromatic carbocycles. The average Bonchev–Trinajstić information content (AvgIpc) is 2.13. The van der Waals surface area contributed by atoms with Gasteiger partial charge >= 0.3 is 17.9 Å². The quantitative estimate of drug-likeness (QED) is 0.548. The monoisotopic (exact) mass is 220 g/mol. The SMILES string of the molecule is CC(O)C(=O)OCC(=O)OCCC(=O)O. The Morgan fingerprint density at radius 2 is 1.87 bits per heavy atom. The molecule has 0 aliphatic carbocycles. The van der Waals surface area contributed by atoms with Crippen molar-refractivity contribution in [1.82, 2.24) is 0 Å². The van der Waals surface area contributed by atoms with Crippen LogP contribution in [-0.4, -0.2) is 47.4 Å². The fraction of sp³-hybridized carbons (Fsp3) is 0.625. The topological polar surface area (TPSA) is 110 Å². The third kappa shape index (κ3) is 7.44. The van der Waals surface area contributed by atoms with Crippen LogP contribution in [0.1, 0.15) is 13.3 Å². The summed E-state index contributed by atoms with van der Waals surface area (Å²) in [6.07, 6.45) is -1.62. The number of aliphatic hydroxyl groups excluding tert-OH is 1. The Morgan fingerprint density at radius 3 is 2.33 bits per heavy atom. The normalized spacial score (nSPS) is 11.6. The highest BCUT2D eigenvalue weighted by atomic mass is 16.6. The molecule has 0 saturated heterocycles. The molecule has 0 rings (SSSR count). The number of ether oxygens (including phenoxy) is 2. The zero-order valence-corrected chi connectivity index (χ0v) is 8.13. The lowest BCUT2D eigenvalue weighted by Crippen LogP contribution is -2.24. The fourth-order valence-electron chi connectivity index (χ4n) is 0.544. The van der Waals surface area contributed by atoms with Gasteiger partial charge in [0, 0.05) is 0 Å². The summed E-state index contributed by atoms with van der Waals surface area (Å²) in [5.41, 5.74) is 0. The van der Waals surface area contributed by atoms with Crippen LogP contribution in [0, 0.1) is 0 Å². The zero-order chi connectivity index (χ0) is 11.8. The number of carboxylic acids is 1. The average molecular weight is 220 g/mol. The molecule has 0 aliphatic heterocycles. The zero-order valence-electron chi connectivity index (χ0n) is 8.13. The molecule has 0 spiro atoms. The van der Waals surface area contributed by atoms with Crippen LogP contribution in [-0.2, 0) is 23.9 Å². The summed E-state index contributed by atoms with van der Waals surface area (Å²) < 4.78 is 8.72. The third-order valence-electron chi connectivity index (χ3n) is 1.25. The largest absolute Gasteiger partial charge is 0.481 e. The van der Waals surface area contributed by atoms with Gasteiger partial charge in [0.1, 0.15) is 12.7 Å². The number of carbonyl (C=O) groups is 3. The van der Waals surface area contributed by atoms with E-state index in [0.717, 1.165) is 0 Å². The third-order valence-corrected chi connectivity index (χ3v) is 1.25. The molecule has 86 valence electrons.